The SMILES string of the molecule is CNC(=O)c1cc(N=[N+]=[N-])ccc1[N+](=O)[O-]. The van der Waals surface area contributed by atoms with Gasteiger partial charge in [-0.3, -0.25) is 14.9 Å². The Labute approximate surface area is 89.7 Å². The Hall–Kier alpha value is -2.60. The minimum atomic E-state index is -0.676. The zero-order valence-electron chi connectivity index (χ0n) is 8.25. The molecule has 0 saturated heterocycles. The van der Waals surface area contributed by atoms with Gasteiger partial charge in [-0.05, 0) is 17.7 Å². The predicted octanol–water partition coefficient (Wildman–Crippen LogP) is 1.90. The molecule has 0 aromatic heterocycles. The van der Waals surface area contributed by atoms with Crippen LogP contribution >= 0.6 is 0 Å². The zero-order valence-corrected chi connectivity index (χ0v) is 8.25. The maximum Gasteiger partial charge on any atom is 0.282 e. The van der Waals surface area contributed by atoms with Gasteiger partial charge >= 0.3 is 0 Å². The standard InChI is InChI=1S/C8H7N5O3/c1-10-8(14)6-4-5(11-12-9)2-3-7(6)13(15)16/h2-4H,1H3,(H,10,14). The second-order valence-corrected chi connectivity index (χ2v) is 2.73. The third kappa shape index (κ3) is 2.25. The largest absolute Gasteiger partial charge is 0.355 e. The second-order valence-electron chi connectivity index (χ2n) is 2.73. The highest BCUT2D eigenvalue weighted by Gasteiger charge is 2.19. The molecular formula is C8H7N5O3. The molecule has 0 bridgehead atoms. The van der Waals surface area contributed by atoms with Crippen LogP contribution in [0.25, 0.3) is 10.4 Å². The number of carbonyl (C=O) groups excluding carboxylic acids is 1. The minimum absolute atomic E-state index is 0.141. The molecule has 8 heteroatoms. The number of nitro benzene ring substituents is 1. The molecule has 8 nitrogen and oxygen atoms in total. The van der Waals surface area contributed by atoms with Crippen molar-refractivity contribution in [1.29, 1.82) is 0 Å². The Bertz CT molecular complexity index is 492. The molecule has 0 heterocycles. The monoisotopic (exact) mass is 221 g/mol. The summed E-state index contributed by atoms with van der Waals surface area (Å²) in [7, 11) is 1.35. The van der Waals surface area contributed by atoms with Crippen LogP contribution in [0.4, 0.5) is 11.4 Å². The zero-order chi connectivity index (χ0) is 12.1. The second kappa shape index (κ2) is 4.76. The van der Waals surface area contributed by atoms with Crippen molar-refractivity contribution in [2.45, 2.75) is 0 Å². The molecule has 0 aliphatic rings. The highest BCUT2D eigenvalue weighted by molar-refractivity contribution is 5.98. The van der Waals surface area contributed by atoms with Gasteiger partial charge in [0.1, 0.15) is 5.56 Å². The van der Waals surface area contributed by atoms with Crippen molar-refractivity contribution in [2.24, 2.45) is 5.11 Å². The molecule has 82 valence electrons. The van der Waals surface area contributed by atoms with Gasteiger partial charge in [0, 0.05) is 23.7 Å². The number of nitro groups is 1. The van der Waals surface area contributed by atoms with E-state index in [4.69, 9.17) is 5.53 Å². The topological polar surface area (TPSA) is 121 Å². The normalized spacial score (nSPS) is 9.06. The molecule has 0 saturated carbocycles. The molecule has 0 spiro atoms. The first kappa shape index (κ1) is 11.5. The van der Waals surface area contributed by atoms with Gasteiger partial charge in [0.05, 0.1) is 4.92 Å². The van der Waals surface area contributed by atoms with E-state index in [1.807, 2.05) is 0 Å². The van der Waals surface area contributed by atoms with Crippen LogP contribution in [0.1, 0.15) is 10.4 Å². The highest BCUT2D eigenvalue weighted by Crippen LogP contribution is 2.24. The maximum absolute atomic E-state index is 11.3. The van der Waals surface area contributed by atoms with Crippen molar-refractivity contribution in [3.63, 3.8) is 0 Å². The molecule has 0 unspecified atom stereocenters. The lowest BCUT2D eigenvalue weighted by Crippen LogP contribution is -2.19. The highest BCUT2D eigenvalue weighted by atomic mass is 16.6. The van der Waals surface area contributed by atoms with Crippen LogP contribution in [0.5, 0.6) is 0 Å². The summed E-state index contributed by atoms with van der Waals surface area (Å²) >= 11 is 0. The third-order valence-electron chi connectivity index (χ3n) is 1.81. The van der Waals surface area contributed by atoms with E-state index in [0.29, 0.717) is 0 Å². The molecule has 0 atom stereocenters. The third-order valence-corrected chi connectivity index (χ3v) is 1.81. The smallest absolute Gasteiger partial charge is 0.282 e. The maximum atomic E-state index is 11.3. The Kier molecular flexibility index (Phi) is 3.41. The van der Waals surface area contributed by atoms with Crippen LogP contribution in [0.15, 0.2) is 23.3 Å². The van der Waals surface area contributed by atoms with Gasteiger partial charge in [0.15, 0.2) is 0 Å². The number of rotatable bonds is 3. The first-order chi connectivity index (χ1) is 7.60. The van der Waals surface area contributed by atoms with E-state index in [2.05, 4.69) is 15.3 Å². The number of hydrogen-bond donors (Lipinski definition) is 1. The number of hydrogen-bond acceptors (Lipinski definition) is 4. The molecule has 1 N–H and O–H groups in total. The summed E-state index contributed by atoms with van der Waals surface area (Å²) < 4.78 is 0. The van der Waals surface area contributed by atoms with Crippen LogP contribution in [-0.2, 0) is 0 Å². The van der Waals surface area contributed by atoms with Crippen LogP contribution in [-0.4, -0.2) is 17.9 Å². The summed E-state index contributed by atoms with van der Waals surface area (Å²) in [6.45, 7) is 0. The summed E-state index contributed by atoms with van der Waals surface area (Å²) in [5.41, 5.74) is 7.88. The molecule has 0 radical (unpaired) electrons. The van der Waals surface area contributed by atoms with Gasteiger partial charge in [-0.1, -0.05) is 5.11 Å². The van der Waals surface area contributed by atoms with Crippen molar-refractivity contribution in [3.8, 4) is 0 Å². The van der Waals surface area contributed by atoms with Crippen molar-refractivity contribution in [1.82, 2.24) is 5.32 Å². The van der Waals surface area contributed by atoms with Crippen LogP contribution in [0, 0.1) is 10.1 Å². The van der Waals surface area contributed by atoms with Gasteiger partial charge in [0.2, 0.25) is 0 Å². The minimum Gasteiger partial charge on any atom is -0.355 e. The van der Waals surface area contributed by atoms with E-state index < -0.39 is 10.8 Å². The Morgan fingerprint density at radius 2 is 2.31 bits per heavy atom. The van der Waals surface area contributed by atoms with Gasteiger partial charge in [-0.25, -0.2) is 0 Å². The van der Waals surface area contributed by atoms with Crippen molar-refractivity contribution in [3.05, 3.63) is 44.3 Å². The quantitative estimate of drug-likeness (QED) is 0.275. The molecule has 0 aliphatic heterocycles. The van der Waals surface area contributed by atoms with Crippen LogP contribution in [0.3, 0.4) is 0 Å². The lowest BCUT2D eigenvalue weighted by atomic mass is 10.1. The predicted molar refractivity (Wildman–Crippen MR) is 55.3 cm³/mol. The lowest BCUT2D eigenvalue weighted by Gasteiger charge is -2.02. The first-order valence-corrected chi connectivity index (χ1v) is 4.15. The average molecular weight is 221 g/mol. The van der Waals surface area contributed by atoms with E-state index in [1.165, 1.54) is 13.1 Å². The number of benzene rings is 1. The summed E-state index contributed by atoms with van der Waals surface area (Å²) in [4.78, 5) is 23.8. The summed E-state index contributed by atoms with van der Waals surface area (Å²) in [6, 6.07) is 3.55. The van der Waals surface area contributed by atoms with E-state index in [1.54, 1.807) is 0 Å². The molecule has 1 amide bonds. The summed E-state index contributed by atoms with van der Waals surface area (Å²) in [5.74, 6) is -0.610. The molecule has 1 aromatic carbocycles. The van der Waals surface area contributed by atoms with E-state index >= 15 is 0 Å². The molecule has 1 aromatic rings. The van der Waals surface area contributed by atoms with Crippen LogP contribution < -0.4 is 5.32 Å². The first-order valence-electron chi connectivity index (χ1n) is 4.15. The lowest BCUT2D eigenvalue weighted by molar-refractivity contribution is -0.385. The number of nitrogens with zero attached hydrogens (tertiary/aromatic N) is 4. The number of carbonyl (C=O) groups is 1. The Morgan fingerprint density at radius 3 is 2.81 bits per heavy atom. The van der Waals surface area contributed by atoms with Crippen molar-refractivity contribution in [2.75, 3.05) is 7.05 Å². The number of nitrogens with one attached hydrogen (secondary N) is 1. The van der Waals surface area contributed by atoms with Gasteiger partial charge in [-0.2, -0.15) is 0 Å². The summed E-state index contributed by atoms with van der Waals surface area (Å²) in [6.07, 6.45) is 0. The molecular weight excluding hydrogens is 214 g/mol. The fourth-order valence-electron chi connectivity index (χ4n) is 1.11. The number of amides is 1. The van der Waals surface area contributed by atoms with Gasteiger partial charge in [-0.15, -0.1) is 0 Å². The van der Waals surface area contributed by atoms with Gasteiger partial charge < -0.3 is 5.32 Å². The van der Waals surface area contributed by atoms with E-state index in [-0.39, 0.29) is 16.9 Å². The molecule has 0 fully saturated rings. The Morgan fingerprint density at radius 1 is 1.62 bits per heavy atom. The molecule has 0 aliphatic carbocycles. The Balaban J connectivity index is 3.37. The van der Waals surface area contributed by atoms with Gasteiger partial charge in [0.25, 0.3) is 11.6 Å². The molecule has 1 rings (SSSR count). The number of azide groups is 1. The molecule has 16 heavy (non-hydrogen) atoms. The van der Waals surface area contributed by atoms with E-state index in [0.717, 1.165) is 12.1 Å². The van der Waals surface area contributed by atoms with E-state index in [9.17, 15) is 14.9 Å². The fraction of sp³-hybridized carbons (Fsp3) is 0.125. The fourth-order valence-corrected chi connectivity index (χ4v) is 1.11. The summed E-state index contributed by atoms with van der Waals surface area (Å²) in [5, 5.41) is 16.2. The van der Waals surface area contributed by atoms with Crippen molar-refractivity contribution < 1.29 is 9.72 Å². The van der Waals surface area contributed by atoms with Crippen molar-refractivity contribution >= 4 is 17.3 Å². The average Bonchev–Trinajstić information content (AvgIpc) is 2.28. The van der Waals surface area contributed by atoms with Crippen LogP contribution in [0.2, 0.25) is 0 Å².